The van der Waals surface area contributed by atoms with Crippen molar-refractivity contribution < 1.29 is 17.5 Å². The molecule has 0 N–H and O–H groups in total. The van der Waals surface area contributed by atoms with Gasteiger partial charge >= 0.3 is 0 Å². The number of hydrogen-bond acceptors (Lipinski definition) is 5. The predicted octanol–water partition coefficient (Wildman–Crippen LogP) is 2.63. The summed E-state index contributed by atoms with van der Waals surface area (Å²) in [7, 11) is -3.73. The zero-order valence-electron chi connectivity index (χ0n) is 14.2. The molecule has 2 heterocycles. The van der Waals surface area contributed by atoms with Gasteiger partial charge in [-0.3, -0.25) is 0 Å². The van der Waals surface area contributed by atoms with E-state index >= 15 is 0 Å². The van der Waals surface area contributed by atoms with Gasteiger partial charge in [0.2, 0.25) is 15.9 Å². The van der Waals surface area contributed by atoms with Gasteiger partial charge in [-0.05, 0) is 49.6 Å². The molecule has 8 heteroatoms. The Kier molecular flexibility index (Phi) is 5.20. The molecule has 26 heavy (non-hydrogen) atoms. The van der Waals surface area contributed by atoms with Gasteiger partial charge in [-0.2, -0.15) is 9.57 Å². The number of nitrogens with zero attached hydrogens (tertiary/aromatic N) is 3. The van der Waals surface area contributed by atoms with Gasteiger partial charge < -0.3 is 4.74 Å². The molecule has 1 aliphatic rings. The minimum Gasteiger partial charge on any atom is -0.473 e. The minimum absolute atomic E-state index is 0.101. The van der Waals surface area contributed by atoms with Crippen LogP contribution in [-0.4, -0.2) is 36.9 Å². The molecule has 0 saturated carbocycles. The largest absolute Gasteiger partial charge is 0.473 e. The molecular formula is C18H18FN3O3S. The quantitative estimate of drug-likeness (QED) is 0.820. The summed E-state index contributed by atoms with van der Waals surface area (Å²) < 4.78 is 46.2. The molecule has 1 atom stereocenters. The average molecular weight is 375 g/mol. The third-order valence-electron chi connectivity index (χ3n) is 4.25. The van der Waals surface area contributed by atoms with Crippen LogP contribution in [0.1, 0.15) is 24.0 Å². The molecular weight excluding hydrogens is 357 g/mol. The van der Waals surface area contributed by atoms with Gasteiger partial charge in [-0.25, -0.2) is 17.8 Å². The first-order chi connectivity index (χ1) is 12.4. The van der Waals surface area contributed by atoms with E-state index in [2.05, 4.69) is 4.98 Å². The lowest BCUT2D eigenvalue weighted by atomic mass is 10.1. The molecule has 0 aliphatic carbocycles. The summed E-state index contributed by atoms with van der Waals surface area (Å²) in [5.74, 6) is -0.170. The first kappa shape index (κ1) is 18.3. The Bertz CT molecular complexity index is 956. The first-order valence-corrected chi connectivity index (χ1v) is 9.63. The highest BCUT2D eigenvalue weighted by Gasteiger charge is 2.32. The van der Waals surface area contributed by atoms with E-state index in [-0.39, 0.29) is 17.5 Å². The van der Waals surface area contributed by atoms with Gasteiger partial charge in [0.25, 0.3) is 0 Å². The van der Waals surface area contributed by atoms with Crippen molar-refractivity contribution >= 4 is 10.0 Å². The Morgan fingerprint density at radius 3 is 2.88 bits per heavy atom. The Labute approximate surface area is 151 Å². The number of hydrogen-bond donors (Lipinski definition) is 0. The van der Waals surface area contributed by atoms with Gasteiger partial charge in [0.15, 0.2) is 0 Å². The monoisotopic (exact) mass is 375 g/mol. The van der Waals surface area contributed by atoms with Crippen LogP contribution in [0.5, 0.6) is 5.88 Å². The van der Waals surface area contributed by atoms with Crippen LogP contribution in [0.3, 0.4) is 0 Å². The second-order valence-corrected chi connectivity index (χ2v) is 8.06. The fourth-order valence-electron chi connectivity index (χ4n) is 2.98. The molecule has 0 amide bonds. The van der Waals surface area contributed by atoms with E-state index in [1.165, 1.54) is 28.7 Å². The molecule has 3 rings (SSSR count). The predicted molar refractivity (Wildman–Crippen MR) is 92.5 cm³/mol. The van der Waals surface area contributed by atoms with E-state index in [9.17, 15) is 12.8 Å². The average Bonchev–Trinajstić information content (AvgIpc) is 2.62. The van der Waals surface area contributed by atoms with Crippen molar-refractivity contribution in [3.63, 3.8) is 0 Å². The van der Waals surface area contributed by atoms with Crippen LogP contribution < -0.4 is 4.74 Å². The number of benzene rings is 1. The molecule has 136 valence electrons. The zero-order chi connectivity index (χ0) is 18.7. The Morgan fingerprint density at radius 2 is 2.15 bits per heavy atom. The molecule has 1 saturated heterocycles. The van der Waals surface area contributed by atoms with Crippen molar-refractivity contribution in [1.82, 2.24) is 9.29 Å². The van der Waals surface area contributed by atoms with Gasteiger partial charge in [-0.1, -0.05) is 0 Å². The molecule has 0 radical (unpaired) electrons. The highest BCUT2D eigenvalue weighted by molar-refractivity contribution is 7.89. The SMILES string of the molecule is Cc1cc(F)ccc1S(=O)(=O)N1CCC[C@H](Oc2cc(C#N)ccn2)C1. The number of nitriles is 1. The Balaban J connectivity index is 1.78. The van der Waals surface area contributed by atoms with Gasteiger partial charge in [0.1, 0.15) is 11.9 Å². The van der Waals surface area contributed by atoms with E-state index in [4.69, 9.17) is 10.00 Å². The number of sulfonamides is 1. The van der Waals surface area contributed by atoms with Crippen LogP contribution in [-0.2, 0) is 10.0 Å². The Morgan fingerprint density at radius 1 is 1.35 bits per heavy atom. The molecule has 0 bridgehead atoms. The van der Waals surface area contributed by atoms with Gasteiger partial charge in [0, 0.05) is 18.8 Å². The summed E-state index contributed by atoms with van der Waals surface area (Å²) in [5, 5.41) is 8.94. The van der Waals surface area contributed by atoms with Crippen molar-refractivity contribution in [3.05, 3.63) is 53.5 Å². The summed E-state index contributed by atoms with van der Waals surface area (Å²) in [5.41, 5.74) is 0.800. The lowest BCUT2D eigenvalue weighted by molar-refractivity contribution is 0.124. The summed E-state index contributed by atoms with van der Waals surface area (Å²) in [6, 6.07) is 8.76. The molecule has 0 unspecified atom stereocenters. The van der Waals surface area contributed by atoms with Gasteiger partial charge in [-0.15, -0.1) is 0 Å². The van der Waals surface area contributed by atoms with Crippen molar-refractivity contribution in [2.75, 3.05) is 13.1 Å². The minimum atomic E-state index is -3.73. The van der Waals surface area contributed by atoms with Crippen LogP contribution in [0.25, 0.3) is 0 Å². The molecule has 1 aromatic carbocycles. The standard InChI is InChI=1S/C18H18FN3O3S/c1-13-9-15(19)4-5-17(13)26(23,24)22-8-2-3-16(12-22)25-18-10-14(11-20)6-7-21-18/h4-7,9-10,16H,2-3,8,12H2,1H3/t16-/m0/s1. The number of rotatable bonds is 4. The number of halogens is 1. The number of pyridine rings is 1. The number of aryl methyl sites for hydroxylation is 1. The third-order valence-corrected chi connectivity index (χ3v) is 6.27. The van der Waals surface area contributed by atoms with Crippen molar-refractivity contribution in [2.45, 2.75) is 30.8 Å². The highest BCUT2D eigenvalue weighted by atomic mass is 32.2. The summed E-state index contributed by atoms with van der Waals surface area (Å²) in [6.07, 6.45) is 2.45. The molecule has 1 aliphatic heterocycles. The number of piperidine rings is 1. The number of ether oxygens (including phenoxy) is 1. The topological polar surface area (TPSA) is 83.3 Å². The smallest absolute Gasteiger partial charge is 0.243 e. The maximum atomic E-state index is 13.3. The summed E-state index contributed by atoms with van der Waals surface area (Å²) in [6.45, 7) is 2.13. The summed E-state index contributed by atoms with van der Waals surface area (Å²) >= 11 is 0. The zero-order valence-corrected chi connectivity index (χ0v) is 15.0. The van der Waals surface area contributed by atoms with Crippen molar-refractivity contribution in [3.8, 4) is 11.9 Å². The van der Waals surface area contributed by atoms with E-state index in [1.807, 2.05) is 6.07 Å². The molecule has 0 spiro atoms. The molecule has 1 fully saturated rings. The Hall–Kier alpha value is -2.50. The fourth-order valence-corrected chi connectivity index (χ4v) is 4.69. The maximum Gasteiger partial charge on any atom is 0.243 e. The van der Waals surface area contributed by atoms with Crippen LogP contribution in [0.4, 0.5) is 4.39 Å². The van der Waals surface area contributed by atoms with Crippen LogP contribution in [0.15, 0.2) is 41.4 Å². The second-order valence-electron chi connectivity index (χ2n) is 6.15. The van der Waals surface area contributed by atoms with E-state index in [0.717, 1.165) is 6.07 Å². The lowest BCUT2D eigenvalue weighted by Crippen LogP contribution is -2.44. The number of aromatic nitrogens is 1. The molecule has 1 aromatic heterocycles. The normalized spacial score (nSPS) is 18.3. The lowest BCUT2D eigenvalue weighted by Gasteiger charge is -2.32. The molecule has 2 aromatic rings. The second kappa shape index (κ2) is 7.40. The van der Waals surface area contributed by atoms with Crippen LogP contribution in [0.2, 0.25) is 0 Å². The maximum absolute atomic E-state index is 13.3. The van der Waals surface area contributed by atoms with E-state index in [1.54, 1.807) is 13.0 Å². The first-order valence-electron chi connectivity index (χ1n) is 8.19. The van der Waals surface area contributed by atoms with Gasteiger partial charge in [0.05, 0.1) is 23.1 Å². The van der Waals surface area contributed by atoms with Crippen LogP contribution >= 0.6 is 0 Å². The van der Waals surface area contributed by atoms with Crippen molar-refractivity contribution in [2.24, 2.45) is 0 Å². The fraction of sp³-hybridized carbons (Fsp3) is 0.333. The van der Waals surface area contributed by atoms with E-state index < -0.39 is 15.8 Å². The highest BCUT2D eigenvalue weighted by Crippen LogP contribution is 2.25. The van der Waals surface area contributed by atoms with E-state index in [0.29, 0.717) is 36.4 Å². The third kappa shape index (κ3) is 3.84. The summed E-state index contributed by atoms with van der Waals surface area (Å²) in [4.78, 5) is 4.17. The molecule has 6 nitrogen and oxygen atoms in total. The van der Waals surface area contributed by atoms with Crippen LogP contribution in [0, 0.1) is 24.1 Å². The van der Waals surface area contributed by atoms with Crippen molar-refractivity contribution in [1.29, 1.82) is 5.26 Å².